The van der Waals surface area contributed by atoms with E-state index in [0.29, 0.717) is 13.2 Å². The number of ether oxygens (including phenoxy) is 1. The molecule has 2 aromatic heterocycles. The van der Waals surface area contributed by atoms with Crippen LogP contribution in [-0.2, 0) is 6.54 Å². The standard InChI is InChI=1S/C16H16N4OS/c1-22-14-4-2-13(3-5-14)21-11-10-20-9-8-19-16(20)15-12-17-6-7-18-15/h2-9,12H,10-11H2,1H3. The number of thioether (sulfide) groups is 1. The maximum absolute atomic E-state index is 5.78. The lowest BCUT2D eigenvalue weighted by atomic mass is 10.3. The lowest BCUT2D eigenvalue weighted by Gasteiger charge is -2.09. The van der Waals surface area contributed by atoms with Gasteiger partial charge < -0.3 is 9.30 Å². The summed E-state index contributed by atoms with van der Waals surface area (Å²) in [6, 6.07) is 8.09. The van der Waals surface area contributed by atoms with E-state index in [1.807, 2.05) is 22.9 Å². The van der Waals surface area contributed by atoms with Gasteiger partial charge in [0.2, 0.25) is 0 Å². The molecular formula is C16H16N4OS. The van der Waals surface area contributed by atoms with Crippen molar-refractivity contribution >= 4 is 11.8 Å². The Labute approximate surface area is 133 Å². The molecule has 3 aromatic rings. The highest BCUT2D eigenvalue weighted by Crippen LogP contribution is 2.19. The number of aromatic nitrogens is 4. The van der Waals surface area contributed by atoms with Crippen LogP contribution < -0.4 is 4.74 Å². The summed E-state index contributed by atoms with van der Waals surface area (Å²) in [6.07, 6.45) is 10.8. The number of rotatable bonds is 6. The topological polar surface area (TPSA) is 52.8 Å². The molecule has 0 bridgehead atoms. The first-order valence-electron chi connectivity index (χ1n) is 6.91. The van der Waals surface area contributed by atoms with Crippen LogP contribution in [0.25, 0.3) is 11.5 Å². The van der Waals surface area contributed by atoms with Gasteiger partial charge in [0.15, 0.2) is 5.82 Å². The second-order valence-corrected chi connectivity index (χ2v) is 5.44. The lowest BCUT2D eigenvalue weighted by molar-refractivity contribution is 0.299. The molecule has 0 aliphatic heterocycles. The fraction of sp³-hybridized carbons (Fsp3) is 0.188. The van der Waals surface area contributed by atoms with Gasteiger partial charge in [-0.15, -0.1) is 11.8 Å². The van der Waals surface area contributed by atoms with Gasteiger partial charge in [0.1, 0.15) is 18.1 Å². The zero-order valence-electron chi connectivity index (χ0n) is 12.2. The minimum Gasteiger partial charge on any atom is -0.492 e. The van der Waals surface area contributed by atoms with E-state index in [4.69, 9.17) is 4.74 Å². The van der Waals surface area contributed by atoms with Crippen LogP contribution in [0.3, 0.4) is 0 Å². The summed E-state index contributed by atoms with van der Waals surface area (Å²) in [7, 11) is 0. The summed E-state index contributed by atoms with van der Waals surface area (Å²) in [5.74, 6) is 1.67. The molecule has 0 atom stereocenters. The van der Waals surface area contributed by atoms with Gasteiger partial charge in [-0.3, -0.25) is 4.98 Å². The molecular weight excluding hydrogens is 296 g/mol. The quantitative estimate of drug-likeness (QED) is 0.655. The molecule has 0 amide bonds. The van der Waals surface area contributed by atoms with Crippen LogP contribution in [0.4, 0.5) is 0 Å². The Balaban J connectivity index is 1.61. The van der Waals surface area contributed by atoms with Gasteiger partial charge >= 0.3 is 0 Å². The minimum atomic E-state index is 0.572. The van der Waals surface area contributed by atoms with Crippen LogP contribution in [0.15, 0.2) is 60.1 Å². The maximum Gasteiger partial charge on any atom is 0.160 e. The Bertz CT molecular complexity index is 713. The lowest BCUT2D eigenvalue weighted by Crippen LogP contribution is -2.09. The van der Waals surface area contributed by atoms with E-state index in [9.17, 15) is 0 Å². The zero-order chi connectivity index (χ0) is 15.2. The SMILES string of the molecule is CSc1ccc(OCCn2ccnc2-c2cnccn2)cc1. The third kappa shape index (κ3) is 3.46. The van der Waals surface area contributed by atoms with E-state index in [-0.39, 0.29) is 0 Å². The van der Waals surface area contributed by atoms with E-state index in [0.717, 1.165) is 17.3 Å². The van der Waals surface area contributed by atoms with Gasteiger partial charge in [-0.25, -0.2) is 9.97 Å². The van der Waals surface area contributed by atoms with Crippen molar-refractivity contribution in [2.24, 2.45) is 0 Å². The molecule has 0 saturated carbocycles. The Morgan fingerprint density at radius 2 is 1.95 bits per heavy atom. The number of hydrogen-bond donors (Lipinski definition) is 0. The molecule has 1 aromatic carbocycles. The number of hydrogen-bond acceptors (Lipinski definition) is 5. The molecule has 2 heterocycles. The Hall–Kier alpha value is -2.34. The van der Waals surface area contributed by atoms with Gasteiger partial charge in [0.05, 0.1) is 12.7 Å². The highest BCUT2D eigenvalue weighted by atomic mass is 32.2. The van der Waals surface area contributed by atoms with Gasteiger partial charge in [-0.05, 0) is 30.5 Å². The van der Waals surface area contributed by atoms with Crippen molar-refractivity contribution in [2.75, 3.05) is 12.9 Å². The van der Waals surface area contributed by atoms with Crippen LogP contribution in [-0.4, -0.2) is 32.4 Å². The fourth-order valence-corrected chi connectivity index (χ4v) is 2.48. The molecule has 0 aliphatic carbocycles. The summed E-state index contributed by atoms with van der Waals surface area (Å²) in [5, 5.41) is 0. The molecule has 112 valence electrons. The van der Waals surface area contributed by atoms with E-state index < -0.39 is 0 Å². The largest absolute Gasteiger partial charge is 0.492 e. The van der Waals surface area contributed by atoms with Gasteiger partial charge in [0, 0.05) is 29.7 Å². The minimum absolute atomic E-state index is 0.572. The monoisotopic (exact) mass is 312 g/mol. The second kappa shape index (κ2) is 7.09. The third-order valence-electron chi connectivity index (χ3n) is 3.17. The third-order valence-corrected chi connectivity index (χ3v) is 3.91. The first-order valence-corrected chi connectivity index (χ1v) is 8.13. The number of imidazole rings is 1. The average molecular weight is 312 g/mol. The Morgan fingerprint density at radius 3 is 2.68 bits per heavy atom. The summed E-state index contributed by atoms with van der Waals surface area (Å²) in [6.45, 7) is 1.28. The van der Waals surface area contributed by atoms with Gasteiger partial charge in [-0.2, -0.15) is 0 Å². The van der Waals surface area contributed by atoms with Crippen LogP contribution in [0.5, 0.6) is 5.75 Å². The van der Waals surface area contributed by atoms with E-state index in [1.54, 1.807) is 36.5 Å². The highest BCUT2D eigenvalue weighted by Gasteiger charge is 2.07. The van der Waals surface area contributed by atoms with Crippen molar-refractivity contribution in [3.05, 3.63) is 55.2 Å². The summed E-state index contributed by atoms with van der Waals surface area (Å²) in [5.41, 5.74) is 0.761. The maximum atomic E-state index is 5.78. The van der Waals surface area contributed by atoms with Gasteiger partial charge in [-0.1, -0.05) is 0 Å². The molecule has 5 nitrogen and oxygen atoms in total. The highest BCUT2D eigenvalue weighted by molar-refractivity contribution is 7.98. The zero-order valence-corrected chi connectivity index (χ0v) is 13.0. The Morgan fingerprint density at radius 1 is 1.09 bits per heavy atom. The predicted molar refractivity (Wildman–Crippen MR) is 87.0 cm³/mol. The average Bonchev–Trinajstić information content (AvgIpc) is 3.05. The summed E-state index contributed by atoms with van der Waals surface area (Å²) >= 11 is 1.72. The molecule has 0 fully saturated rings. The number of benzene rings is 1. The van der Waals surface area contributed by atoms with Crippen molar-refractivity contribution < 1.29 is 4.74 Å². The summed E-state index contributed by atoms with van der Waals surface area (Å²) < 4.78 is 7.79. The number of nitrogens with zero attached hydrogens (tertiary/aromatic N) is 4. The van der Waals surface area contributed by atoms with Crippen molar-refractivity contribution in [1.82, 2.24) is 19.5 Å². The fourth-order valence-electron chi connectivity index (χ4n) is 2.07. The molecule has 3 rings (SSSR count). The van der Waals surface area contributed by atoms with E-state index in [2.05, 4.69) is 33.3 Å². The predicted octanol–water partition coefficient (Wildman–Crippen LogP) is 3.14. The first kappa shape index (κ1) is 14.6. The van der Waals surface area contributed by atoms with E-state index >= 15 is 0 Å². The molecule has 0 spiro atoms. The summed E-state index contributed by atoms with van der Waals surface area (Å²) in [4.78, 5) is 13.9. The molecule has 0 saturated heterocycles. The normalized spacial score (nSPS) is 10.6. The molecule has 22 heavy (non-hydrogen) atoms. The molecule has 0 aliphatic rings. The second-order valence-electron chi connectivity index (χ2n) is 4.56. The molecule has 0 radical (unpaired) electrons. The van der Waals surface area contributed by atoms with Crippen molar-refractivity contribution in [3.8, 4) is 17.3 Å². The van der Waals surface area contributed by atoms with Crippen LogP contribution in [0, 0.1) is 0 Å². The van der Waals surface area contributed by atoms with Crippen LogP contribution in [0.2, 0.25) is 0 Å². The molecule has 0 N–H and O–H groups in total. The van der Waals surface area contributed by atoms with Crippen molar-refractivity contribution in [3.63, 3.8) is 0 Å². The smallest absolute Gasteiger partial charge is 0.160 e. The van der Waals surface area contributed by atoms with Gasteiger partial charge in [0.25, 0.3) is 0 Å². The van der Waals surface area contributed by atoms with E-state index in [1.165, 1.54) is 4.90 Å². The molecule has 6 heteroatoms. The van der Waals surface area contributed by atoms with Crippen LogP contribution in [0.1, 0.15) is 0 Å². The Kier molecular flexibility index (Phi) is 4.70. The van der Waals surface area contributed by atoms with Crippen molar-refractivity contribution in [2.45, 2.75) is 11.4 Å². The van der Waals surface area contributed by atoms with Crippen molar-refractivity contribution in [1.29, 1.82) is 0 Å². The molecule has 0 unspecified atom stereocenters. The first-order chi connectivity index (χ1) is 10.9. The van der Waals surface area contributed by atoms with Crippen LogP contribution >= 0.6 is 11.8 Å².